The van der Waals surface area contributed by atoms with E-state index in [4.69, 9.17) is 10.7 Å². The van der Waals surface area contributed by atoms with Crippen LogP contribution < -0.4 is 5.73 Å². The van der Waals surface area contributed by atoms with E-state index in [0.717, 1.165) is 41.8 Å². The summed E-state index contributed by atoms with van der Waals surface area (Å²) in [5.41, 5.74) is 10.9. The van der Waals surface area contributed by atoms with Gasteiger partial charge in [0.1, 0.15) is 9.36 Å². The minimum Gasteiger partial charge on any atom is -0.399 e. The highest BCUT2D eigenvalue weighted by molar-refractivity contribution is 14.1. The van der Waals surface area contributed by atoms with Gasteiger partial charge in [-0.3, -0.25) is 4.99 Å². The quantitative estimate of drug-likeness (QED) is 0.332. The van der Waals surface area contributed by atoms with E-state index in [1.54, 1.807) is 12.1 Å². The predicted molar refractivity (Wildman–Crippen MR) is 98.3 cm³/mol. The van der Waals surface area contributed by atoms with E-state index in [1.165, 1.54) is 17.7 Å². The van der Waals surface area contributed by atoms with E-state index in [9.17, 15) is 4.39 Å². The lowest BCUT2D eigenvalue weighted by Gasteiger charge is -2.20. The highest BCUT2D eigenvalue weighted by Crippen LogP contribution is 2.36. The maximum absolute atomic E-state index is 13.2. The van der Waals surface area contributed by atoms with Gasteiger partial charge in [-0.1, -0.05) is 35.6 Å². The second-order valence-electron chi connectivity index (χ2n) is 5.66. The summed E-state index contributed by atoms with van der Waals surface area (Å²) in [6.45, 7) is 2.16. The van der Waals surface area contributed by atoms with Gasteiger partial charge in [0.05, 0.1) is 5.71 Å². The molecule has 1 unspecified atom stereocenters. The number of anilines is 1. The van der Waals surface area contributed by atoms with Crippen LogP contribution in [0.15, 0.2) is 47.5 Å². The minimum absolute atomic E-state index is 0.130. The van der Waals surface area contributed by atoms with Gasteiger partial charge in [-0.15, -0.1) is 0 Å². The molecule has 4 heteroatoms. The molecule has 1 aliphatic heterocycles. The molecule has 2 aromatic rings. The van der Waals surface area contributed by atoms with Crippen LogP contribution in [0, 0.1) is 5.82 Å². The molecule has 1 heterocycles. The van der Waals surface area contributed by atoms with Gasteiger partial charge >= 0.3 is 0 Å². The normalized spacial score (nSPS) is 21.0. The van der Waals surface area contributed by atoms with Gasteiger partial charge in [0.2, 0.25) is 0 Å². The second kappa shape index (κ2) is 5.99. The Hall–Kier alpha value is -1.43. The summed E-state index contributed by atoms with van der Waals surface area (Å²) in [5.74, 6) is -0.230. The van der Waals surface area contributed by atoms with Crippen molar-refractivity contribution in [3.05, 3.63) is 65.0 Å². The number of aryl methyl sites for hydroxylation is 1. The number of fused-ring (bicyclic) bond motifs is 1. The fourth-order valence-electron chi connectivity index (χ4n) is 2.78. The third-order valence-electron chi connectivity index (χ3n) is 4.13. The predicted octanol–water partition coefficient (Wildman–Crippen LogP) is 4.73. The number of nitrogens with two attached hydrogens (primary N) is 1. The smallest absolute Gasteiger partial charge is 0.123 e. The first kappa shape index (κ1) is 15.5. The zero-order valence-electron chi connectivity index (χ0n) is 12.4. The van der Waals surface area contributed by atoms with Crippen LogP contribution in [0.5, 0.6) is 0 Å². The summed E-state index contributed by atoms with van der Waals surface area (Å²) >= 11 is 2.44. The van der Waals surface area contributed by atoms with Gasteiger partial charge in [-0.25, -0.2) is 4.39 Å². The summed E-state index contributed by atoms with van der Waals surface area (Å²) in [6.07, 6.45) is 2.89. The van der Waals surface area contributed by atoms with Gasteiger partial charge in [0.25, 0.3) is 0 Å². The van der Waals surface area contributed by atoms with Gasteiger partial charge < -0.3 is 5.73 Å². The van der Waals surface area contributed by atoms with E-state index < -0.39 is 0 Å². The number of aliphatic imine (C=N–C) groups is 1. The zero-order valence-corrected chi connectivity index (χ0v) is 14.6. The molecule has 22 heavy (non-hydrogen) atoms. The lowest BCUT2D eigenvalue weighted by atomic mass is 9.95. The van der Waals surface area contributed by atoms with Crippen LogP contribution in [-0.4, -0.2) is 9.26 Å². The number of rotatable bonds is 2. The van der Waals surface area contributed by atoms with Crippen molar-refractivity contribution in [1.29, 1.82) is 0 Å². The van der Waals surface area contributed by atoms with Crippen molar-refractivity contribution in [2.45, 2.75) is 29.7 Å². The molecule has 2 nitrogen and oxygen atoms in total. The Morgan fingerprint density at radius 2 is 1.95 bits per heavy atom. The average Bonchev–Trinajstić information content (AvgIpc) is 2.66. The van der Waals surface area contributed by atoms with Crippen LogP contribution in [0.25, 0.3) is 0 Å². The molecule has 1 atom stereocenters. The minimum atomic E-state index is -0.230. The molecule has 0 radical (unpaired) electrons. The van der Waals surface area contributed by atoms with Crippen LogP contribution >= 0.6 is 22.6 Å². The second-order valence-corrected chi connectivity index (χ2v) is 7.66. The van der Waals surface area contributed by atoms with Crippen molar-refractivity contribution in [2.24, 2.45) is 4.99 Å². The van der Waals surface area contributed by atoms with Crippen LogP contribution in [0.2, 0.25) is 0 Å². The maximum atomic E-state index is 13.2. The Kier molecular flexibility index (Phi) is 4.21. The number of benzene rings is 2. The molecule has 0 amide bonds. The SMILES string of the molecule is CCC1(I)CCc2cc(N)ccc2C(c2ccc(F)cc2)=N1. The first-order valence-corrected chi connectivity index (χ1v) is 8.52. The molecule has 0 saturated heterocycles. The van der Waals surface area contributed by atoms with Crippen molar-refractivity contribution in [2.75, 3.05) is 5.73 Å². The monoisotopic (exact) mass is 408 g/mol. The van der Waals surface area contributed by atoms with Gasteiger partial charge in [-0.05, 0) is 61.2 Å². The third kappa shape index (κ3) is 3.02. The van der Waals surface area contributed by atoms with E-state index >= 15 is 0 Å². The molecule has 2 N–H and O–H groups in total. The lowest BCUT2D eigenvalue weighted by molar-refractivity contribution is 0.579. The fourth-order valence-corrected chi connectivity index (χ4v) is 3.29. The molecule has 3 rings (SSSR count). The summed E-state index contributed by atoms with van der Waals surface area (Å²) in [6, 6.07) is 12.5. The Balaban J connectivity index is 2.19. The molecule has 2 aromatic carbocycles. The van der Waals surface area contributed by atoms with Gasteiger partial charge in [-0.2, -0.15) is 0 Å². The summed E-state index contributed by atoms with van der Waals surface area (Å²) in [5, 5.41) is 0. The van der Waals surface area contributed by atoms with Crippen molar-refractivity contribution in [3.8, 4) is 0 Å². The Bertz CT molecular complexity index is 724. The Labute approximate surface area is 143 Å². The number of nitrogens with zero attached hydrogens (tertiary/aromatic N) is 1. The zero-order chi connectivity index (χ0) is 15.7. The van der Waals surface area contributed by atoms with Crippen LogP contribution in [0.1, 0.15) is 36.5 Å². The van der Waals surface area contributed by atoms with E-state index in [0.29, 0.717) is 0 Å². The molecule has 0 fully saturated rings. The molecular formula is C18H18FIN2. The molecular weight excluding hydrogens is 390 g/mol. The van der Waals surface area contributed by atoms with Crippen molar-refractivity contribution >= 4 is 34.0 Å². The molecule has 1 aliphatic rings. The maximum Gasteiger partial charge on any atom is 0.123 e. The largest absolute Gasteiger partial charge is 0.399 e. The van der Waals surface area contributed by atoms with Crippen molar-refractivity contribution < 1.29 is 4.39 Å². The Morgan fingerprint density at radius 3 is 2.64 bits per heavy atom. The standard InChI is InChI=1S/C18H18FIN2/c1-2-18(20)10-9-13-11-15(21)7-8-16(13)17(22-18)12-3-5-14(19)6-4-12/h3-8,11H,2,9-10,21H2,1H3. The van der Waals surface area contributed by atoms with E-state index in [2.05, 4.69) is 29.5 Å². The number of nitrogen functional groups attached to an aromatic ring is 1. The number of hydrogen-bond acceptors (Lipinski definition) is 2. The van der Waals surface area contributed by atoms with E-state index in [-0.39, 0.29) is 9.36 Å². The molecule has 114 valence electrons. The van der Waals surface area contributed by atoms with Crippen molar-refractivity contribution in [1.82, 2.24) is 0 Å². The van der Waals surface area contributed by atoms with Crippen molar-refractivity contribution in [3.63, 3.8) is 0 Å². The van der Waals surface area contributed by atoms with Gasteiger partial charge in [0, 0.05) is 16.8 Å². The van der Waals surface area contributed by atoms with Crippen LogP contribution in [0.4, 0.5) is 10.1 Å². The topological polar surface area (TPSA) is 38.4 Å². The number of alkyl halides is 1. The van der Waals surface area contributed by atoms with Crippen LogP contribution in [-0.2, 0) is 6.42 Å². The highest BCUT2D eigenvalue weighted by atomic mass is 127. The van der Waals surface area contributed by atoms with Gasteiger partial charge in [0.15, 0.2) is 0 Å². The Morgan fingerprint density at radius 1 is 1.23 bits per heavy atom. The molecule has 0 aromatic heterocycles. The number of halogens is 2. The average molecular weight is 408 g/mol. The first-order valence-electron chi connectivity index (χ1n) is 7.44. The van der Waals surface area contributed by atoms with E-state index in [1.807, 2.05) is 18.2 Å². The summed E-state index contributed by atoms with van der Waals surface area (Å²) < 4.78 is 13.1. The van der Waals surface area contributed by atoms with Crippen LogP contribution in [0.3, 0.4) is 0 Å². The molecule has 0 aliphatic carbocycles. The fraction of sp³-hybridized carbons (Fsp3) is 0.278. The molecule has 0 spiro atoms. The third-order valence-corrected chi connectivity index (χ3v) is 5.68. The number of hydrogen-bond donors (Lipinski definition) is 1. The highest BCUT2D eigenvalue weighted by Gasteiger charge is 2.29. The molecule has 0 saturated carbocycles. The summed E-state index contributed by atoms with van der Waals surface area (Å²) in [7, 11) is 0. The molecule has 0 bridgehead atoms. The summed E-state index contributed by atoms with van der Waals surface area (Å²) in [4.78, 5) is 5.04. The lowest BCUT2D eigenvalue weighted by Crippen LogP contribution is -2.18. The first-order chi connectivity index (χ1) is 10.5.